The van der Waals surface area contributed by atoms with Crippen LogP contribution in [0.4, 0.5) is 10.1 Å². The maximum absolute atomic E-state index is 13.8. The second-order valence-electron chi connectivity index (χ2n) is 6.25. The molecule has 0 atom stereocenters. The third kappa shape index (κ3) is 3.19. The molecule has 0 saturated heterocycles. The molecule has 1 N–H and O–H groups in total. The lowest BCUT2D eigenvalue weighted by molar-refractivity contribution is 0.420. The van der Waals surface area contributed by atoms with Gasteiger partial charge in [0.15, 0.2) is 0 Å². The predicted molar refractivity (Wildman–Crippen MR) is 108 cm³/mol. The molecule has 0 bridgehead atoms. The molecule has 0 unspecified atom stereocenters. The summed E-state index contributed by atoms with van der Waals surface area (Å²) in [5.41, 5.74) is 5.96. The normalized spacial score (nSPS) is 11.4. The van der Waals surface area contributed by atoms with Crippen molar-refractivity contribution in [3.05, 3.63) is 77.7 Å². The van der Waals surface area contributed by atoms with Crippen LogP contribution in [0.5, 0.6) is 5.75 Å². The SMILES string of the molecule is COc1ccc(C=NNc2ccnc3cc(F)c(C)cc23)c2ccccc12. The molecule has 3 aromatic carbocycles. The summed E-state index contributed by atoms with van der Waals surface area (Å²) in [5, 5.41) is 7.30. The summed E-state index contributed by atoms with van der Waals surface area (Å²) in [6.45, 7) is 1.73. The number of benzene rings is 3. The number of hydrazone groups is 1. The van der Waals surface area contributed by atoms with E-state index < -0.39 is 0 Å². The maximum atomic E-state index is 13.8. The number of rotatable bonds is 4. The molecule has 1 heterocycles. The lowest BCUT2D eigenvalue weighted by atomic mass is 10.0. The van der Waals surface area contributed by atoms with Crippen LogP contribution in [0.2, 0.25) is 0 Å². The zero-order valence-corrected chi connectivity index (χ0v) is 15.0. The molecule has 0 radical (unpaired) electrons. The molecule has 5 heteroatoms. The van der Waals surface area contributed by atoms with Gasteiger partial charge in [0.2, 0.25) is 0 Å². The number of pyridine rings is 1. The molecular formula is C22H18FN3O. The molecule has 134 valence electrons. The highest BCUT2D eigenvalue weighted by Gasteiger charge is 2.07. The zero-order valence-electron chi connectivity index (χ0n) is 15.0. The average molecular weight is 359 g/mol. The molecule has 4 aromatic rings. The summed E-state index contributed by atoms with van der Waals surface area (Å²) >= 11 is 0. The number of aryl methyl sites for hydroxylation is 1. The van der Waals surface area contributed by atoms with E-state index >= 15 is 0 Å². The van der Waals surface area contributed by atoms with Crippen molar-refractivity contribution in [3.63, 3.8) is 0 Å². The number of ether oxygens (including phenoxy) is 1. The van der Waals surface area contributed by atoms with Crippen molar-refractivity contribution in [2.24, 2.45) is 5.10 Å². The van der Waals surface area contributed by atoms with Crippen molar-refractivity contribution >= 4 is 33.6 Å². The smallest absolute Gasteiger partial charge is 0.128 e. The molecule has 0 aliphatic rings. The van der Waals surface area contributed by atoms with Gasteiger partial charge in [0, 0.05) is 28.6 Å². The monoisotopic (exact) mass is 359 g/mol. The third-order valence-corrected chi connectivity index (χ3v) is 4.55. The van der Waals surface area contributed by atoms with Crippen molar-refractivity contribution in [2.75, 3.05) is 12.5 Å². The van der Waals surface area contributed by atoms with E-state index in [-0.39, 0.29) is 5.82 Å². The molecule has 0 fully saturated rings. The highest BCUT2D eigenvalue weighted by molar-refractivity contribution is 6.02. The van der Waals surface area contributed by atoms with E-state index in [1.54, 1.807) is 32.5 Å². The molecule has 4 rings (SSSR count). The van der Waals surface area contributed by atoms with Crippen molar-refractivity contribution in [1.82, 2.24) is 4.98 Å². The standard InChI is InChI=1S/C22H18FN3O/c1-14-11-18-20(9-10-24-21(18)12-19(14)23)26-25-13-15-7-8-22(27-2)17-6-4-3-5-16(15)17/h3-13H,1-2H3,(H,24,26). The van der Waals surface area contributed by atoms with Gasteiger partial charge in [-0.25, -0.2) is 4.39 Å². The van der Waals surface area contributed by atoms with E-state index in [9.17, 15) is 4.39 Å². The Hall–Kier alpha value is -3.47. The average Bonchev–Trinajstić information content (AvgIpc) is 2.69. The first-order valence-electron chi connectivity index (χ1n) is 8.57. The first-order valence-corrected chi connectivity index (χ1v) is 8.57. The predicted octanol–water partition coefficient (Wildman–Crippen LogP) is 5.29. The van der Waals surface area contributed by atoms with Crippen LogP contribution in [0.3, 0.4) is 0 Å². The van der Waals surface area contributed by atoms with Gasteiger partial charge in [0.1, 0.15) is 11.6 Å². The first-order chi connectivity index (χ1) is 13.2. The van der Waals surface area contributed by atoms with Crippen molar-refractivity contribution in [2.45, 2.75) is 6.92 Å². The summed E-state index contributed by atoms with van der Waals surface area (Å²) in [4.78, 5) is 4.22. The zero-order chi connectivity index (χ0) is 18.8. The first kappa shape index (κ1) is 17.0. The Bertz CT molecular complexity index is 1170. The summed E-state index contributed by atoms with van der Waals surface area (Å²) in [7, 11) is 1.66. The van der Waals surface area contributed by atoms with Gasteiger partial charge in [0.05, 0.1) is 24.5 Å². The van der Waals surface area contributed by atoms with Gasteiger partial charge in [-0.1, -0.05) is 24.3 Å². The summed E-state index contributed by atoms with van der Waals surface area (Å²) in [6, 6.07) is 17.0. The molecule has 0 saturated carbocycles. The van der Waals surface area contributed by atoms with Gasteiger partial charge in [-0.15, -0.1) is 0 Å². The molecule has 0 aliphatic heterocycles. The van der Waals surface area contributed by atoms with Crippen LogP contribution >= 0.6 is 0 Å². The minimum atomic E-state index is -0.264. The van der Waals surface area contributed by atoms with Crippen LogP contribution in [0.1, 0.15) is 11.1 Å². The van der Waals surface area contributed by atoms with Crippen molar-refractivity contribution in [3.8, 4) is 5.75 Å². The summed E-state index contributed by atoms with van der Waals surface area (Å²) < 4.78 is 19.2. The van der Waals surface area contributed by atoms with E-state index in [1.165, 1.54) is 6.07 Å². The highest BCUT2D eigenvalue weighted by Crippen LogP contribution is 2.28. The quantitative estimate of drug-likeness (QED) is 0.398. The number of nitrogens with zero attached hydrogens (tertiary/aromatic N) is 2. The number of nitrogens with one attached hydrogen (secondary N) is 1. The molecule has 0 spiro atoms. The minimum absolute atomic E-state index is 0.264. The lowest BCUT2D eigenvalue weighted by Crippen LogP contribution is -1.95. The van der Waals surface area contributed by atoms with Gasteiger partial charge >= 0.3 is 0 Å². The van der Waals surface area contributed by atoms with Gasteiger partial charge in [0.25, 0.3) is 0 Å². The van der Waals surface area contributed by atoms with E-state index in [1.807, 2.05) is 42.5 Å². The van der Waals surface area contributed by atoms with Crippen LogP contribution in [0.15, 0.2) is 65.9 Å². The van der Waals surface area contributed by atoms with Crippen LogP contribution in [0.25, 0.3) is 21.7 Å². The summed E-state index contributed by atoms with van der Waals surface area (Å²) in [5.74, 6) is 0.564. The fourth-order valence-corrected chi connectivity index (χ4v) is 3.13. The molecule has 4 nitrogen and oxygen atoms in total. The Morgan fingerprint density at radius 3 is 2.67 bits per heavy atom. The van der Waals surface area contributed by atoms with Crippen LogP contribution in [-0.4, -0.2) is 18.3 Å². The minimum Gasteiger partial charge on any atom is -0.496 e. The van der Waals surface area contributed by atoms with Crippen molar-refractivity contribution in [1.29, 1.82) is 0 Å². The Labute approximate surface area is 156 Å². The van der Waals surface area contributed by atoms with Crippen molar-refractivity contribution < 1.29 is 9.13 Å². The van der Waals surface area contributed by atoms with Gasteiger partial charge in [-0.05, 0) is 42.1 Å². The van der Waals surface area contributed by atoms with Gasteiger partial charge in [-0.2, -0.15) is 5.10 Å². The lowest BCUT2D eigenvalue weighted by Gasteiger charge is -2.08. The molecular weight excluding hydrogens is 341 g/mol. The second kappa shape index (κ2) is 7.03. The van der Waals surface area contributed by atoms with Gasteiger partial charge < -0.3 is 4.74 Å². The maximum Gasteiger partial charge on any atom is 0.128 e. The van der Waals surface area contributed by atoms with Crippen LogP contribution in [0, 0.1) is 12.7 Å². The Balaban J connectivity index is 1.69. The Morgan fingerprint density at radius 2 is 1.85 bits per heavy atom. The van der Waals surface area contributed by atoms with Crippen LogP contribution < -0.4 is 10.2 Å². The topological polar surface area (TPSA) is 46.5 Å². The van der Waals surface area contributed by atoms with E-state index in [4.69, 9.17) is 4.74 Å². The number of halogens is 1. The fraction of sp³-hybridized carbons (Fsp3) is 0.0909. The molecule has 27 heavy (non-hydrogen) atoms. The number of hydrogen-bond donors (Lipinski definition) is 1. The number of hydrogen-bond acceptors (Lipinski definition) is 4. The highest BCUT2D eigenvalue weighted by atomic mass is 19.1. The molecule has 0 amide bonds. The Kier molecular flexibility index (Phi) is 4.42. The fourth-order valence-electron chi connectivity index (χ4n) is 3.13. The van der Waals surface area contributed by atoms with E-state index in [0.29, 0.717) is 11.1 Å². The molecule has 0 aliphatic carbocycles. The Morgan fingerprint density at radius 1 is 1.04 bits per heavy atom. The molecule has 1 aromatic heterocycles. The van der Waals surface area contributed by atoms with Crippen LogP contribution in [-0.2, 0) is 0 Å². The number of anilines is 1. The second-order valence-corrected chi connectivity index (χ2v) is 6.25. The largest absolute Gasteiger partial charge is 0.496 e. The third-order valence-electron chi connectivity index (χ3n) is 4.55. The van der Waals surface area contributed by atoms with E-state index in [2.05, 4.69) is 15.5 Å². The number of methoxy groups -OCH3 is 1. The summed E-state index contributed by atoms with van der Waals surface area (Å²) in [6.07, 6.45) is 3.40. The number of fused-ring (bicyclic) bond motifs is 2. The van der Waals surface area contributed by atoms with E-state index in [0.717, 1.165) is 33.2 Å². The van der Waals surface area contributed by atoms with Gasteiger partial charge in [-0.3, -0.25) is 10.4 Å². The number of aromatic nitrogens is 1.